The van der Waals surface area contributed by atoms with Gasteiger partial charge in [-0.05, 0) is 26.7 Å². The Bertz CT molecular complexity index is 278. The molecule has 0 bridgehead atoms. The minimum Gasteiger partial charge on any atom is -0.387 e. The van der Waals surface area contributed by atoms with E-state index >= 15 is 0 Å². The smallest absolute Gasteiger partial charge is 0.219 e. The van der Waals surface area contributed by atoms with Gasteiger partial charge in [0.1, 0.15) is 0 Å². The maximum absolute atomic E-state index is 10.9. The van der Waals surface area contributed by atoms with Gasteiger partial charge in [-0.3, -0.25) is 9.79 Å². The molecule has 0 aliphatic heterocycles. The molecule has 0 saturated heterocycles. The molecule has 4 N–H and O–H groups in total. The Labute approximate surface area is 97.5 Å². The van der Waals surface area contributed by atoms with Crippen LogP contribution in [0.2, 0.25) is 0 Å². The number of primary amides is 1. The van der Waals surface area contributed by atoms with Crippen molar-refractivity contribution in [3.8, 4) is 0 Å². The van der Waals surface area contributed by atoms with Crippen LogP contribution in [0.25, 0.3) is 0 Å². The van der Waals surface area contributed by atoms with E-state index in [0.717, 1.165) is 12.8 Å². The Morgan fingerprint density at radius 2 is 1.81 bits per heavy atom. The van der Waals surface area contributed by atoms with E-state index in [4.69, 9.17) is 11.5 Å². The Morgan fingerprint density at radius 3 is 2.31 bits per heavy atom. The lowest BCUT2D eigenvalue weighted by Gasteiger charge is -2.25. The van der Waals surface area contributed by atoms with Crippen LogP contribution in [0.4, 0.5) is 0 Å². The second-order valence-electron chi connectivity index (χ2n) is 5.33. The van der Waals surface area contributed by atoms with Crippen molar-refractivity contribution in [2.75, 3.05) is 0 Å². The molecule has 1 amide bonds. The summed E-state index contributed by atoms with van der Waals surface area (Å²) in [6.07, 6.45) is 6.27. The summed E-state index contributed by atoms with van der Waals surface area (Å²) in [5.41, 5.74) is 10.7. The molecule has 0 unspecified atom stereocenters. The molecule has 0 atom stereocenters. The zero-order valence-corrected chi connectivity index (χ0v) is 10.3. The topological polar surface area (TPSA) is 81.5 Å². The SMILES string of the molecule is CC(C)(CC(N)=O)N=C(N)C1CCCCC1. The van der Waals surface area contributed by atoms with Gasteiger partial charge in [-0.2, -0.15) is 0 Å². The molecule has 1 rings (SSSR count). The number of amides is 1. The molecule has 1 aliphatic rings. The fourth-order valence-electron chi connectivity index (χ4n) is 2.31. The summed E-state index contributed by atoms with van der Waals surface area (Å²) >= 11 is 0. The summed E-state index contributed by atoms with van der Waals surface area (Å²) in [6, 6.07) is 0. The van der Waals surface area contributed by atoms with Crippen LogP contribution in [0, 0.1) is 5.92 Å². The highest BCUT2D eigenvalue weighted by Crippen LogP contribution is 2.25. The highest BCUT2D eigenvalue weighted by atomic mass is 16.1. The molecule has 0 aromatic heterocycles. The van der Waals surface area contributed by atoms with Crippen LogP contribution in [0.15, 0.2) is 4.99 Å². The monoisotopic (exact) mass is 225 g/mol. The van der Waals surface area contributed by atoms with Gasteiger partial charge in [-0.25, -0.2) is 0 Å². The van der Waals surface area contributed by atoms with Crippen LogP contribution in [0.3, 0.4) is 0 Å². The van der Waals surface area contributed by atoms with Crippen LogP contribution in [0.1, 0.15) is 52.4 Å². The number of hydrogen-bond donors (Lipinski definition) is 2. The fraction of sp³-hybridized carbons (Fsp3) is 0.833. The summed E-state index contributed by atoms with van der Waals surface area (Å²) in [5.74, 6) is 0.775. The van der Waals surface area contributed by atoms with Crippen LogP contribution in [0.5, 0.6) is 0 Å². The van der Waals surface area contributed by atoms with E-state index in [2.05, 4.69) is 4.99 Å². The van der Waals surface area contributed by atoms with Crippen molar-refractivity contribution in [3.05, 3.63) is 0 Å². The summed E-state index contributed by atoms with van der Waals surface area (Å²) in [4.78, 5) is 15.4. The Hall–Kier alpha value is -1.06. The van der Waals surface area contributed by atoms with Crippen LogP contribution in [-0.2, 0) is 4.79 Å². The molecule has 0 spiro atoms. The number of aliphatic imine (C=N–C) groups is 1. The third kappa shape index (κ3) is 4.21. The Balaban J connectivity index is 2.62. The normalized spacial score (nSPS) is 19.8. The summed E-state index contributed by atoms with van der Waals surface area (Å²) < 4.78 is 0. The molecular formula is C12H23N3O. The second-order valence-corrected chi connectivity index (χ2v) is 5.33. The van der Waals surface area contributed by atoms with Crippen molar-refractivity contribution in [2.24, 2.45) is 22.4 Å². The zero-order chi connectivity index (χ0) is 12.2. The molecule has 1 saturated carbocycles. The molecule has 0 radical (unpaired) electrons. The van der Waals surface area contributed by atoms with Gasteiger partial charge in [0.05, 0.1) is 17.8 Å². The maximum Gasteiger partial charge on any atom is 0.219 e. The first-order valence-electron chi connectivity index (χ1n) is 6.04. The number of carbonyl (C=O) groups excluding carboxylic acids is 1. The predicted octanol–water partition coefficient (Wildman–Crippen LogP) is 1.58. The van der Waals surface area contributed by atoms with Gasteiger partial charge in [-0.15, -0.1) is 0 Å². The second kappa shape index (κ2) is 5.32. The summed E-state index contributed by atoms with van der Waals surface area (Å²) in [6.45, 7) is 3.79. The predicted molar refractivity (Wildman–Crippen MR) is 66.1 cm³/mol. The first-order valence-corrected chi connectivity index (χ1v) is 6.04. The van der Waals surface area contributed by atoms with Crippen molar-refractivity contribution in [3.63, 3.8) is 0 Å². The standard InChI is InChI=1S/C12H23N3O/c1-12(2,8-10(13)16)15-11(14)9-6-4-3-5-7-9/h9H,3-8H2,1-2H3,(H2,13,16)(H2,14,15). The van der Waals surface area contributed by atoms with E-state index in [1.165, 1.54) is 19.3 Å². The molecule has 0 aromatic rings. The summed E-state index contributed by atoms with van der Waals surface area (Å²) in [7, 11) is 0. The van der Waals surface area contributed by atoms with Crippen LogP contribution in [-0.4, -0.2) is 17.3 Å². The van der Waals surface area contributed by atoms with Gasteiger partial charge < -0.3 is 11.5 Å². The fourth-order valence-corrected chi connectivity index (χ4v) is 2.31. The first kappa shape index (κ1) is 13.0. The van der Waals surface area contributed by atoms with E-state index in [-0.39, 0.29) is 12.3 Å². The van der Waals surface area contributed by atoms with Crippen molar-refractivity contribution < 1.29 is 4.79 Å². The largest absolute Gasteiger partial charge is 0.387 e. The Kier molecular flexibility index (Phi) is 4.33. The number of hydrogen-bond acceptors (Lipinski definition) is 2. The van der Waals surface area contributed by atoms with Crippen molar-refractivity contribution in [1.82, 2.24) is 0 Å². The minimum atomic E-state index is -0.465. The average Bonchev–Trinajstić information content (AvgIpc) is 2.16. The van der Waals surface area contributed by atoms with E-state index in [0.29, 0.717) is 11.8 Å². The minimum absolute atomic E-state index is 0.250. The van der Waals surface area contributed by atoms with Gasteiger partial charge >= 0.3 is 0 Å². The van der Waals surface area contributed by atoms with Crippen LogP contribution >= 0.6 is 0 Å². The maximum atomic E-state index is 10.9. The van der Waals surface area contributed by atoms with E-state index in [9.17, 15) is 4.79 Å². The molecule has 1 fully saturated rings. The molecule has 0 heterocycles. The lowest BCUT2D eigenvalue weighted by molar-refractivity contribution is -0.118. The van der Waals surface area contributed by atoms with Gasteiger partial charge in [0, 0.05) is 5.92 Å². The zero-order valence-electron chi connectivity index (χ0n) is 10.3. The lowest BCUT2D eigenvalue weighted by Crippen LogP contribution is -2.33. The number of amidine groups is 1. The third-order valence-electron chi connectivity index (χ3n) is 3.06. The number of nitrogens with zero attached hydrogens (tertiary/aromatic N) is 1. The molecule has 1 aliphatic carbocycles. The van der Waals surface area contributed by atoms with Crippen molar-refractivity contribution >= 4 is 11.7 Å². The third-order valence-corrected chi connectivity index (χ3v) is 3.06. The average molecular weight is 225 g/mol. The van der Waals surface area contributed by atoms with E-state index in [1.54, 1.807) is 0 Å². The number of rotatable bonds is 4. The molecule has 4 nitrogen and oxygen atoms in total. The molecule has 0 aromatic carbocycles. The Morgan fingerprint density at radius 1 is 1.25 bits per heavy atom. The van der Waals surface area contributed by atoms with Gasteiger partial charge in [0.2, 0.25) is 5.91 Å². The highest BCUT2D eigenvalue weighted by molar-refractivity contribution is 5.84. The van der Waals surface area contributed by atoms with Gasteiger partial charge in [-0.1, -0.05) is 19.3 Å². The molecule has 92 valence electrons. The lowest BCUT2D eigenvalue weighted by atomic mass is 9.88. The molecule has 4 heteroatoms. The first-order chi connectivity index (χ1) is 7.41. The van der Waals surface area contributed by atoms with Gasteiger partial charge in [0.25, 0.3) is 0 Å². The molecule has 16 heavy (non-hydrogen) atoms. The molecular weight excluding hydrogens is 202 g/mol. The number of nitrogens with two attached hydrogens (primary N) is 2. The summed E-state index contributed by atoms with van der Waals surface area (Å²) in [5, 5.41) is 0. The van der Waals surface area contributed by atoms with Crippen molar-refractivity contribution in [2.45, 2.75) is 57.9 Å². The van der Waals surface area contributed by atoms with Crippen molar-refractivity contribution in [1.29, 1.82) is 0 Å². The van der Waals surface area contributed by atoms with Gasteiger partial charge in [0.15, 0.2) is 0 Å². The van der Waals surface area contributed by atoms with E-state index in [1.807, 2.05) is 13.8 Å². The van der Waals surface area contributed by atoms with E-state index < -0.39 is 5.54 Å². The quantitative estimate of drug-likeness (QED) is 0.562. The van der Waals surface area contributed by atoms with Crippen LogP contribution < -0.4 is 11.5 Å². The number of carbonyl (C=O) groups is 1. The highest BCUT2D eigenvalue weighted by Gasteiger charge is 2.23.